The molecule has 2 aromatic carbocycles. The van der Waals surface area contributed by atoms with Gasteiger partial charge in [-0.05, 0) is 31.2 Å². The first-order chi connectivity index (χ1) is 13.8. The summed E-state index contributed by atoms with van der Waals surface area (Å²) >= 11 is 13.1. The monoisotopic (exact) mass is 455 g/mol. The van der Waals surface area contributed by atoms with Gasteiger partial charge < -0.3 is 9.80 Å². The normalized spacial score (nSPS) is 15.5. The number of piperazine rings is 1. The van der Waals surface area contributed by atoms with E-state index in [1.54, 1.807) is 6.07 Å². The minimum atomic E-state index is -3.47. The number of benzene rings is 2. The summed E-state index contributed by atoms with van der Waals surface area (Å²) in [6.45, 7) is 8.71. The van der Waals surface area contributed by atoms with Gasteiger partial charge in [-0.3, -0.25) is 4.72 Å². The molecule has 158 valence electrons. The number of likely N-dealkylation sites (N-methyl/N-ethyl adjacent to an activating group) is 1. The fourth-order valence-electron chi connectivity index (χ4n) is 3.55. The average molecular weight is 456 g/mol. The summed E-state index contributed by atoms with van der Waals surface area (Å²) in [5.41, 5.74) is 2.84. The van der Waals surface area contributed by atoms with Gasteiger partial charge in [0.1, 0.15) is 0 Å². The standard InChI is InChI=1S/C21H27Cl2N3O2S/c1-3-13-29(27,28)24-20-15-16(26-11-9-25(4-2)10-12-26)14-18(21(20)23)17-7-5-6-8-19(17)22/h5-8,14-15,24H,3-4,9-13H2,1-2H3. The highest BCUT2D eigenvalue weighted by Gasteiger charge is 2.21. The van der Waals surface area contributed by atoms with E-state index in [0.29, 0.717) is 22.2 Å². The lowest BCUT2D eigenvalue weighted by molar-refractivity contribution is 0.271. The molecule has 8 heteroatoms. The molecule has 2 aromatic rings. The molecule has 1 fully saturated rings. The molecule has 0 aliphatic carbocycles. The number of nitrogens with one attached hydrogen (secondary N) is 1. The molecule has 0 saturated carbocycles. The summed E-state index contributed by atoms with van der Waals surface area (Å²) in [4.78, 5) is 4.66. The summed E-state index contributed by atoms with van der Waals surface area (Å²) in [6, 6.07) is 11.3. The van der Waals surface area contributed by atoms with E-state index in [4.69, 9.17) is 23.2 Å². The lowest BCUT2D eigenvalue weighted by Crippen LogP contribution is -2.46. The van der Waals surface area contributed by atoms with Gasteiger partial charge in [0.15, 0.2) is 0 Å². The zero-order chi connectivity index (χ0) is 21.0. The van der Waals surface area contributed by atoms with Crippen LogP contribution in [0.3, 0.4) is 0 Å². The number of hydrogen-bond donors (Lipinski definition) is 1. The Morgan fingerprint density at radius 2 is 1.69 bits per heavy atom. The number of anilines is 2. The van der Waals surface area contributed by atoms with Crippen LogP contribution in [0.4, 0.5) is 11.4 Å². The zero-order valence-electron chi connectivity index (χ0n) is 16.8. The van der Waals surface area contributed by atoms with Crippen molar-refractivity contribution in [2.45, 2.75) is 20.3 Å². The molecule has 5 nitrogen and oxygen atoms in total. The predicted molar refractivity (Wildman–Crippen MR) is 124 cm³/mol. The Bertz CT molecular complexity index is 958. The maximum atomic E-state index is 12.4. The Hall–Kier alpha value is -1.47. The Kier molecular flexibility index (Phi) is 7.32. The third kappa shape index (κ3) is 5.37. The van der Waals surface area contributed by atoms with Crippen molar-refractivity contribution in [1.82, 2.24) is 4.90 Å². The third-order valence-electron chi connectivity index (χ3n) is 5.14. The molecule has 0 amide bonds. The summed E-state index contributed by atoms with van der Waals surface area (Å²) < 4.78 is 27.5. The van der Waals surface area contributed by atoms with Crippen molar-refractivity contribution in [3.05, 3.63) is 46.4 Å². The highest BCUT2D eigenvalue weighted by molar-refractivity contribution is 7.92. The highest BCUT2D eigenvalue weighted by Crippen LogP contribution is 2.41. The smallest absolute Gasteiger partial charge is 0.232 e. The fraction of sp³-hybridized carbons (Fsp3) is 0.429. The number of rotatable bonds is 7. The van der Waals surface area contributed by atoms with E-state index in [1.165, 1.54) is 0 Å². The summed E-state index contributed by atoms with van der Waals surface area (Å²) in [7, 11) is -3.47. The van der Waals surface area contributed by atoms with Crippen LogP contribution in [-0.2, 0) is 10.0 Å². The maximum Gasteiger partial charge on any atom is 0.232 e. The zero-order valence-corrected chi connectivity index (χ0v) is 19.1. The molecule has 1 aliphatic heterocycles. The van der Waals surface area contributed by atoms with Crippen LogP contribution in [0.2, 0.25) is 10.0 Å². The van der Waals surface area contributed by atoms with Crippen LogP contribution in [0.5, 0.6) is 0 Å². The Morgan fingerprint density at radius 1 is 1.00 bits per heavy atom. The molecule has 1 saturated heterocycles. The first-order valence-corrected chi connectivity index (χ1v) is 12.3. The molecule has 1 aliphatic rings. The van der Waals surface area contributed by atoms with Gasteiger partial charge in [-0.25, -0.2) is 8.42 Å². The van der Waals surface area contributed by atoms with Crippen molar-refractivity contribution in [2.24, 2.45) is 0 Å². The average Bonchev–Trinajstić information content (AvgIpc) is 2.70. The van der Waals surface area contributed by atoms with Gasteiger partial charge >= 0.3 is 0 Å². The second kappa shape index (κ2) is 9.56. The number of halogens is 2. The molecular formula is C21H27Cl2N3O2S. The third-order valence-corrected chi connectivity index (χ3v) is 7.36. The van der Waals surface area contributed by atoms with Gasteiger partial charge in [-0.15, -0.1) is 0 Å². The first-order valence-electron chi connectivity index (χ1n) is 9.91. The molecule has 0 aromatic heterocycles. The van der Waals surface area contributed by atoms with E-state index in [1.807, 2.05) is 37.3 Å². The van der Waals surface area contributed by atoms with E-state index in [0.717, 1.165) is 49.5 Å². The van der Waals surface area contributed by atoms with Crippen LogP contribution >= 0.6 is 23.2 Å². The van der Waals surface area contributed by atoms with Crippen LogP contribution in [0.25, 0.3) is 11.1 Å². The van der Waals surface area contributed by atoms with Gasteiger partial charge in [0.05, 0.1) is 16.5 Å². The lowest BCUT2D eigenvalue weighted by Gasteiger charge is -2.36. The van der Waals surface area contributed by atoms with Gasteiger partial charge in [-0.2, -0.15) is 0 Å². The molecule has 0 atom stereocenters. The van der Waals surface area contributed by atoms with Gasteiger partial charge in [0.25, 0.3) is 0 Å². The van der Waals surface area contributed by atoms with E-state index < -0.39 is 10.0 Å². The Labute approximate surface area is 183 Å². The second-order valence-corrected chi connectivity index (χ2v) is 9.80. The maximum absolute atomic E-state index is 12.4. The molecule has 1 heterocycles. The van der Waals surface area contributed by atoms with Gasteiger partial charge in [0.2, 0.25) is 10.0 Å². The fourth-order valence-corrected chi connectivity index (χ4v) is 5.24. The summed E-state index contributed by atoms with van der Waals surface area (Å²) in [5.74, 6) is 0.0458. The van der Waals surface area contributed by atoms with Crippen molar-refractivity contribution >= 4 is 44.6 Å². The van der Waals surface area contributed by atoms with Crippen LogP contribution in [-0.4, -0.2) is 51.8 Å². The van der Waals surface area contributed by atoms with Gasteiger partial charge in [-0.1, -0.05) is 55.2 Å². The molecule has 29 heavy (non-hydrogen) atoms. The molecule has 3 rings (SSSR count). The van der Waals surface area contributed by atoms with Crippen molar-refractivity contribution in [2.75, 3.05) is 48.1 Å². The van der Waals surface area contributed by atoms with Crippen molar-refractivity contribution in [3.63, 3.8) is 0 Å². The molecule has 1 N–H and O–H groups in total. The van der Waals surface area contributed by atoms with E-state index >= 15 is 0 Å². The molecular weight excluding hydrogens is 429 g/mol. The molecule has 0 unspecified atom stereocenters. The minimum absolute atomic E-state index is 0.0458. The van der Waals surface area contributed by atoms with Crippen molar-refractivity contribution in [1.29, 1.82) is 0 Å². The van der Waals surface area contributed by atoms with E-state index in [9.17, 15) is 8.42 Å². The lowest BCUT2D eigenvalue weighted by atomic mass is 10.0. The summed E-state index contributed by atoms with van der Waals surface area (Å²) in [6.07, 6.45) is 0.531. The van der Waals surface area contributed by atoms with Crippen molar-refractivity contribution < 1.29 is 8.42 Å². The Balaban J connectivity index is 2.06. The molecule has 0 bridgehead atoms. The topological polar surface area (TPSA) is 52.7 Å². The molecule has 0 radical (unpaired) electrons. The number of nitrogens with zero attached hydrogens (tertiary/aromatic N) is 2. The van der Waals surface area contributed by atoms with Crippen LogP contribution in [0, 0.1) is 0 Å². The van der Waals surface area contributed by atoms with Crippen molar-refractivity contribution in [3.8, 4) is 11.1 Å². The minimum Gasteiger partial charge on any atom is -0.369 e. The first kappa shape index (κ1) is 22.2. The van der Waals surface area contributed by atoms with Crippen LogP contribution in [0.15, 0.2) is 36.4 Å². The van der Waals surface area contributed by atoms with E-state index in [-0.39, 0.29) is 5.75 Å². The van der Waals surface area contributed by atoms with Crippen LogP contribution < -0.4 is 9.62 Å². The number of sulfonamides is 1. The Morgan fingerprint density at radius 3 is 2.31 bits per heavy atom. The summed E-state index contributed by atoms with van der Waals surface area (Å²) in [5, 5.41) is 0.929. The van der Waals surface area contributed by atoms with Gasteiger partial charge in [0, 0.05) is 48.0 Å². The predicted octanol–water partition coefficient (Wildman–Crippen LogP) is 4.95. The quantitative estimate of drug-likeness (QED) is 0.641. The van der Waals surface area contributed by atoms with E-state index in [2.05, 4.69) is 21.4 Å². The largest absolute Gasteiger partial charge is 0.369 e. The SMILES string of the molecule is CCCS(=O)(=O)Nc1cc(N2CCN(CC)CC2)cc(-c2ccccc2Cl)c1Cl. The number of hydrogen-bond acceptors (Lipinski definition) is 4. The highest BCUT2D eigenvalue weighted by atomic mass is 35.5. The molecule has 0 spiro atoms. The van der Waals surface area contributed by atoms with Crippen LogP contribution in [0.1, 0.15) is 20.3 Å². The second-order valence-electron chi connectivity index (χ2n) is 7.18.